The third kappa shape index (κ3) is 3.11. The molecule has 0 bridgehead atoms. The third-order valence-corrected chi connectivity index (χ3v) is 3.65. The number of aryl methyl sites for hydroxylation is 1. The van der Waals surface area contributed by atoms with Gasteiger partial charge in [0.25, 0.3) is 5.91 Å². The Morgan fingerprint density at radius 1 is 1.48 bits per heavy atom. The number of carbonyl (C=O) groups excluding carboxylic acids is 1. The van der Waals surface area contributed by atoms with Crippen LogP contribution in [0.3, 0.4) is 0 Å². The molecule has 1 saturated heterocycles. The number of hydrogen-bond donors (Lipinski definition) is 1. The summed E-state index contributed by atoms with van der Waals surface area (Å²) in [4.78, 5) is 18.5. The first kappa shape index (κ1) is 13.8. The number of nitrogens with zero attached hydrogens (tertiary/aromatic N) is 3. The molecule has 0 aliphatic carbocycles. The Morgan fingerprint density at radius 2 is 2.33 bits per heavy atom. The minimum Gasteiger partial charge on any atom is -0.350 e. The molecular weight excluding hydrogens is 268 g/mol. The fourth-order valence-electron chi connectivity index (χ4n) is 2.53. The topological polar surface area (TPSA) is 71.3 Å². The average Bonchev–Trinajstić information content (AvgIpc) is 3.08. The van der Waals surface area contributed by atoms with Crippen LogP contribution in [0.2, 0.25) is 0 Å². The van der Waals surface area contributed by atoms with Crippen LogP contribution in [-0.2, 0) is 0 Å². The summed E-state index contributed by atoms with van der Waals surface area (Å²) in [6, 6.07) is 5.60. The molecule has 2 aromatic rings. The summed E-state index contributed by atoms with van der Waals surface area (Å²) < 4.78 is 5.16. The highest BCUT2D eigenvalue weighted by molar-refractivity contribution is 5.92. The Balaban J connectivity index is 1.71. The minimum absolute atomic E-state index is 0.180. The molecule has 2 aromatic heterocycles. The molecule has 0 saturated carbocycles. The van der Waals surface area contributed by atoms with E-state index in [1.165, 1.54) is 0 Å². The van der Waals surface area contributed by atoms with Crippen LogP contribution >= 0.6 is 0 Å². The number of likely N-dealkylation sites (N-methyl/N-ethyl adjacent to an activating group) is 1. The van der Waals surface area contributed by atoms with Gasteiger partial charge in [0.2, 0.25) is 5.76 Å². The number of nitrogens with one attached hydrogen (secondary N) is 1. The standard InChI is InChI=1S/C15H18N4O2/c1-10-7-11(3-5-16-10)13-8-14(21-18-13)15(20)17-12-4-6-19(2)9-12/h3,5,7-8,12H,4,6,9H2,1-2H3,(H,17,20)/t12-/m1/s1. The summed E-state index contributed by atoms with van der Waals surface area (Å²) in [6.45, 7) is 3.78. The van der Waals surface area contributed by atoms with Crippen LogP contribution < -0.4 is 5.32 Å². The Bertz CT molecular complexity index is 653. The number of likely N-dealkylation sites (tertiary alicyclic amines) is 1. The highest BCUT2D eigenvalue weighted by Crippen LogP contribution is 2.19. The molecule has 3 heterocycles. The molecule has 1 N–H and O–H groups in total. The summed E-state index contributed by atoms with van der Waals surface area (Å²) >= 11 is 0. The molecule has 3 rings (SSSR count). The lowest BCUT2D eigenvalue weighted by Gasteiger charge is -2.10. The highest BCUT2D eigenvalue weighted by Gasteiger charge is 2.23. The first-order chi connectivity index (χ1) is 10.1. The second-order valence-corrected chi connectivity index (χ2v) is 5.48. The van der Waals surface area contributed by atoms with Crippen molar-refractivity contribution in [2.24, 2.45) is 0 Å². The van der Waals surface area contributed by atoms with Crippen molar-refractivity contribution in [3.05, 3.63) is 35.9 Å². The van der Waals surface area contributed by atoms with Gasteiger partial charge in [-0.05, 0) is 39.1 Å². The van der Waals surface area contributed by atoms with Crippen molar-refractivity contribution in [2.75, 3.05) is 20.1 Å². The van der Waals surface area contributed by atoms with E-state index < -0.39 is 0 Å². The monoisotopic (exact) mass is 286 g/mol. The molecule has 1 fully saturated rings. The van der Waals surface area contributed by atoms with Crippen molar-refractivity contribution in [1.82, 2.24) is 20.4 Å². The lowest BCUT2D eigenvalue weighted by Crippen LogP contribution is -2.36. The number of carbonyl (C=O) groups is 1. The summed E-state index contributed by atoms with van der Waals surface area (Å²) in [5.41, 5.74) is 2.44. The Hall–Kier alpha value is -2.21. The zero-order valence-electron chi connectivity index (χ0n) is 12.2. The minimum atomic E-state index is -0.208. The molecule has 6 nitrogen and oxygen atoms in total. The van der Waals surface area contributed by atoms with E-state index >= 15 is 0 Å². The van der Waals surface area contributed by atoms with Crippen LogP contribution in [0.1, 0.15) is 22.7 Å². The van der Waals surface area contributed by atoms with Gasteiger partial charge in [0.05, 0.1) is 0 Å². The average molecular weight is 286 g/mol. The van der Waals surface area contributed by atoms with Crippen LogP contribution in [-0.4, -0.2) is 47.1 Å². The molecule has 1 aliphatic rings. The molecule has 1 atom stereocenters. The van der Waals surface area contributed by atoms with Crippen molar-refractivity contribution in [1.29, 1.82) is 0 Å². The smallest absolute Gasteiger partial charge is 0.290 e. The SMILES string of the molecule is Cc1cc(-c2cc(C(=O)N[C@@H]3CCN(C)C3)on2)ccn1. The number of rotatable bonds is 3. The largest absolute Gasteiger partial charge is 0.350 e. The second kappa shape index (κ2) is 5.65. The summed E-state index contributed by atoms with van der Waals surface area (Å²) in [5.74, 6) is 0.0360. The normalized spacial score (nSPS) is 18.9. The van der Waals surface area contributed by atoms with Crippen LogP contribution in [0.25, 0.3) is 11.3 Å². The quantitative estimate of drug-likeness (QED) is 0.925. The van der Waals surface area contributed by atoms with Crippen LogP contribution in [0.15, 0.2) is 28.9 Å². The molecule has 0 unspecified atom stereocenters. The number of aromatic nitrogens is 2. The van der Waals surface area contributed by atoms with E-state index in [2.05, 4.69) is 20.4 Å². The number of pyridine rings is 1. The molecule has 6 heteroatoms. The van der Waals surface area contributed by atoms with Crippen molar-refractivity contribution < 1.29 is 9.32 Å². The fraction of sp³-hybridized carbons (Fsp3) is 0.400. The maximum Gasteiger partial charge on any atom is 0.290 e. The van der Waals surface area contributed by atoms with Gasteiger partial charge in [0.15, 0.2) is 0 Å². The Kier molecular flexibility index (Phi) is 3.70. The Morgan fingerprint density at radius 3 is 3.05 bits per heavy atom. The van der Waals surface area contributed by atoms with Gasteiger partial charge in [0.1, 0.15) is 5.69 Å². The third-order valence-electron chi connectivity index (χ3n) is 3.65. The van der Waals surface area contributed by atoms with Gasteiger partial charge >= 0.3 is 0 Å². The van der Waals surface area contributed by atoms with Crippen molar-refractivity contribution in [3.63, 3.8) is 0 Å². The highest BCUT2D eigenvalue weighted by atomic mass is 16.5. The molecule has 21 heavy (non-hydrogen) atoms. The van der Waals surface area contributed by atoms with E-state index in [1.54, 1.807) is 12.3 Å². The predicted molar refractivity (Wildman–Crippen MR) is 77.8 cm³/mol. The van der Waals surface area contributed by atoms with Gasteiger partial charge in [0, 0.05) is 36.1 Å². The van der Waals surface area contributed by atoms with Gasteiger partial charge in [-0.2, -0.15) is 0 Å². The van der Waals surface area contributed by atoms with Crippen molar-refractivity contribution >= 4 is 5.91 Å². The van der Waals surface area contributed by atoms with Gasteiger partial charge in [-0.25, -0.2) is 0 Å². The summed E-state index contributed by atoms with van der Waals surface area (Å²) in [5, 5.41) is 6.94. The molecule has 0 spiro atoms. The van der Waals surface area contributed by atoms with Crippen molar-refractivity contribution in [3.8, 4) is 11.3 Å². The van der Waals surface area contributed by atoms with E-state index in [-0.39, 0.29) is 17.7 Å². The first-order valence-corrected chi connectivity index (χ1v) is 7.01. The molecule has 0 aromatic carbocycles. The molecule has 1 aliphatic heterocycles. The summed E-state index contributed by atoms with van der Waals surface area (Å²) in [7, 11) is 2.05. The maximum atomic E-state index is 12.1. The Labute approximate surface area is 123 Å². The molecule has 0 radical (unpaired) electrons. The molecule has 1 amide bonds. The predicted octanol–water partition coefficient (Wildman–Crippen LogP) is 1.48. The van der Waals surface area contributed by atoms with Crippen molar-refractivity contribution in [2.45, 2.75) is 19.4 Å². The number of hydrogen-bond acceptors (Lipinski definition) is 5. The van der Waals surface area contributed by atoms with E-state index in [1.807, 2.05) is 26.1 Å². The van der Waals surface area contributed by atoms with E-state index in [0.717, 1.165) is 30.8 Å². The second-order valence-electron chi connectivity index (χ2n) is 5.48. The zero-order valence-corrected chi connectivity index (χ0v) is 12.2. The van der Waals surface area contributed by atoms with Gasteiger partial charge in [-0.15, -0.1) is 0 Å². The summed E-state index contributed by atoms with van der Waals surface area (Å²) in [6.07, 6.45) is 2.68. The maximum absolute atomic E-state index is 12.1. The van der Waals surface area contributed by atoms with E-state index in [0.29, 0.717) is 5.69 Å². The van der Waals surface area contributed by atoms with Gasteiger partial charge in [-0.3, -0.25) is 9.78 Å². The molecule has 110 valence electrons. The zero-order chi connectivity index (χ0) is 14.8. The molecular formula is C15H18N4O2. The lowest BCUT2D eigenvalue weighted by molar-refractivity contribution is 0.0901. The van der Waals surface area contributed by atoms with Gasteiger partial charge < -0.3 is 14.7 Å². The fourth-order valence-corrected chi connectivity index (χ4v) is 2.53. The van der Waals surface area contributed by atoms with E-state index in [9.17, 15) is 4.79 Å². The van der Waals surface area contributed by atoms with Crippen LogP contribution in [0, 0.1) is 6.92 Å². The van der Waals surface area contributed by atoms with Crippen LogP contribution in [0.5, 0.6) is 0 Å². The first-order valence-electron chi connectivity index (χ1n) is 7.01. The van der Waals surface area contributed by atoms with Gasteiger partial charge in [-0.1, -0.05) is 5.16 Å². The van der Waals surface area contributed by atoms with E-state index in [4.69, 9.17) is 4.52 Å². The lowest BCUT2D eigenvalue weighted by atomic mass is 10.1. The van der Waals surface area contributed by atoms with Crippen LogP contribution in [0.4, 0.5) is 0 Å². The number of amides is 1.